The summed E-state index contributed by atoms with van der Waals surface area (Å²) in [6, 6.07) is 8.59. The van der Waals surface area contributed by atoms with Gasteiger partial charge in [-0.2, -0.15) is 0 Å². The smallest absolute Gasteiger partial charge is 0.0642 e. The van der Waals surface area contributed by atoms with E-state index in [-0.39, 0.29) is 11.5 Å². The fourth-order valence-electron chi connectivity index (χ4n) is 3.18. The van der Waals surface area contributed by atoms with Gasteiger partial charge in [-0.05, 0) is 30.4 Å². The molecule has 124 valence electrons. The quantitative estimate of drug-likeness (QED) is 0.812. The third kappa shape index (κ3) is 5.27. The molecule has 4 heteroatoms. The molecule has 0 spiro atoms. The molecule has 4 nitrogen and oxygen atoms in total. The molecule has 1 aromatic rings. The Kier molecular flexibility index (Phi) is 6.24. The van der Waals surface area contributed by atoms with Crippen molar-refractivity contribution < 1.29 is 9.84 Å². The lowest BCUT2D eigenvalue weighted by Gasteiger charge is -2.31. The largest absolute Gasteiger partial charge is 0.393 e. The molecule has 1 saturated heterocycles. The summed E-state index contributed by atoms with van der Waals surface area (Å²) in [5.41, 5.74) is 2.74. The highest BCUT2D eigenvalue weighted by atomic mass is 16.5. The summed E-state index contributed by atoms with van der Waals surface area (Å²) in [5, 5.41) is 13.1. The maximum atomic E-state index is 9.57. The molecule has 1 fully saturated rings. The second-order valence-electron chi connectivity index (χ2n) is 7.05. The van der Waals surface area contributed by atoms with Gasteiger partial charge in [0.05, 0.1) is 19.3 Å². The molecule has 0 saturated carbocycles. The predicted octanol–water partition coefficient (Wildman–Crippen LogP) is 2.41. The van der Waals surface area contributed by atoms with Gasteiger partial charge in [-0.3, -0.25) is 0 Å². The highest BCUT2D eigenvalue weighted by Crippen LogP contribution is 2.23. The molecule has 1 heterocycles. The maximum Gasteiger partial charge on any atom is 0.0642 e. The molecule has 0 bridgehead atoms. The molecule has 1 atom stereocenters. The summed E-state index contributed by atoms with van der Waals surface area (Å²) in [6.45, 7) is 11.5. The molecule has 22 heavy (non-hydrogen) atoms. The van der Waals surface area contributed by atoms with E-state index in [0.29, 0.717) is 0 Å². The van der Waals surface area contributed by atoms with E-state index in [2.05, 4.69) is 48.3 Å². The van der Waals surface area contributed by atoms with Gasteiger partial charge in [-0.25, -0.2) is 0 Å². The molecule has 1 aromatic carbocycles. The van der Waals surface area contributed by atoms with E-state index in [1.807, 2.05) is 6.92 Å². The number of nitrogens with one attached hydrogen (secondary N) is 1. The van der Waals surface area contributed by atoms with Crippen LogP contribution in [0.3, 0.4) is 0 Å². The zero-order chi connectivity index (χ0) is 16.0. The van der Waals surface area contributed by atoms with E-state index in [1.54, 1.807) is 0 Å². The Morgan fingerprint density at radius 1 is 1.27 bits per heavy atom. The predicted molar refractivity (Wildman–Crippen MR) is 91.3 cm³/mol. The fourth-order valence-corrected chi connectivity index (χ4v) is 3.18. The number of morpholine rings is 1. The van der Waals surface area contributed by atoms with Crippen molar-refractivity contribution in [3.63, 3.8) is 0 Å². The van der Waals surface area contributed by atoms with Crippen LogP contribution in [-0.4, -0.2) is 44.1 Å². The average molecular weight is 306 g/mol. The van der Waals surface area contributed by atoms with Gasteiger partial charge in [0.15, 0.2) is 0 Å². The Hall–Kier alpha value is -1.10. The number of aliphatic hydroxyl groups is 1. The molecule has 1 aliphatic heterocycles. The van der Waals surface area contributed by atoms with Crippen molar-refractivity contribution in [1.29, 1.82) is 0 Å². The third-order valence-electron chi connectivity index (χ3n) is 4.11. The van der Waals surface area contributed by atoms with Crippen molar-refractivity contribution in [2.24, 2.45) is 5.41 Å². The second kappa shape index (κ2) is 7.95. The van der Waals surface area contributed by atoms with E-state index < -0.39 is 0 Å². The first-order valence-electron chi connectivity index (χ1n) is 8.27. The Bertz CT molecular complexity index is 454. The number of para-hydroxylation sites is 1. The molecule has 2 rings (SSSR count). The van der Waals surface area contributed by atoms with Crippen LogP contribution in [0.4, 0.5) is 5.69 Å². The molecule has 0 amide bonds. The first-order chi connectivity index (χ1) is 10.5. The number of hydrogen-bond acceptors (Lipinski definition) is 4. The van der Waals surface area contributed by atoms with Gasteiger partial charge in [0.1, 0.15) is 0 Å². The monoisotopic (exact) mass is 306 g/mol. The summed E-state index contributed by atoms with van der Waals surface area (Å²) < 4.78 is 5.44. The fraction of sp³-hybridized carbons (Fsp3) is 0.667. The molecule has 0 aromatic heterocycles. The molecular formula is C18H30N2O2. The van der Waals surface area contributed by atoms with E-state index in [0.717, 1.165) is 45.8 Å². The van der Waals surface area contributed by atoms with Crippen LogP contribution in [0, 0.1) is 5.41 Å². The topological polar surface area (TPSA) is 44.7 Å². The van der Waals surface area contributed by atoms with Gasteiger partial charge in [0.2, 0.25) is 0 Å². The van der Waals surface area contributed by atoms with Crippen molar-refractivity contribution in [2.75, 3.05) is 37.7 Å². The molecular weight excluding hydrogens is 276 g/mol. The summed E-state index contributed by atoms with van der Waals surface area (Å²) in [6.07, 6.45) is 0.558. The third-order valence-corrected chi connectivity index (χ3v) is 4.11. The van der Waals surface area contributed by atoms with E-state index in [1.165, 1.54) is 11.3 Å². The van der Waals surface area contributed by atoms with Crippen molar-refractivity contribution >= 4 is 5.69 Å². The van der Waals surface area contributed by atoms with Gasteiger partial charge >= 0.3 is 0 Å². The van der Waals surface area contributed by atoms with Crippen LogP contribution in [0.25, 0.3) is 0 Å². The lowest BCUT2D eigenvalue weighted by Crippen LogP contribution is -2.37. The number of nitrogens with zero attached hydrogens (tertiary/aromatic N) is 1. The molecule has 1 aliphatic rings. The van der Waals surface area contributed by atoms with E-state index in [9.17, 15) is 5.11 Å². The van der Waals surface area contributed by atoms with E-state index >= 15 is 0 Å². The average Bonchev–Trinajstić information content (AvgIpc) is 2.47. The van der Waals surface area contributed by atoms with Crippen LogP contribution in [-0.2, 0) is 11.3 Å². The lowest BCUT2D eigenvalue weighted by molar-refractivity contribution is 0.122. The van der Waals surface area contributed by atoms with Gasteiger partial charge in [-0.15, -0.1) is 0 Å². The first kappa shape index (κ1) is 17.3. The van der Waals surface area contributed by atoms with Gasteiger partial charge in [0, 0.05) is 31.9 Å². The maximum absolute atomic E-state index is 9.57. The van der Waals surface area contributed by atoms with Crippen molar-refractivity contribution in [2.45, 2.75) is 39.8 Å². The van der Waals surface area contributed by atoms with Crippen LogP contribution in [0.1, 0.15) is 32.8 Å². The zero-order valence-electron chi connectivity index (χ0n) is 14.1. The summed E-state index contributed by atoms with van der Waals surface area (Å²) >= 11 is 0. The Balaban J connectivity index is 1.92. The first-order valence-corrected chi connectivity index (χ1v) is 8.27. The zero-order valence-corrected chi connectivity index (χ0v) is 14.1. The molecule has 1 unspecified atom stereocenters. The highest BCUT2D eigenvalue weighted by molar-refractivity contribution is 5.53. The summed E-state index contributed by atoms with van der Waals surface area (Å²) in [4.78, 5) is 2.40. The Labute approximate surface area is 134 Å². The van der Waals surface area contributed by atoms with Crippen LogP contribution in [0.5, 0.6) is 0 Å². The standard InChI is InChI=1S/C18H30N2O2/c1-15(21)12-18(2,3)14-19-13-16-6-4-5-7-17(16)20-8-10-22-11-9-20/h4-7,15,19,21H,8-14H2,1-3H3. The Morgan fingerprint density at radius 3 is 2.64 bits per heavy atom. The van der Waals surface area contributed by atoms with Gasteiger partial charge < -0.3 is 20.1 Å². The minimum atomic E-state index is -0.252. The Morgan fingerprint density at radius 2 is 1.95 bits per heavy atom. The number of rotatable bonds is 7. The van der Waals surface area contributed by atoms with Crippen molar-refractivity contribution in [3.05, 3.63) is 29.8 Å². The number of aliphatic hydroxyl groups excluding tert-OH is 1. The molecule has 2 N–H and O–H groups in total. The molecule has 0 radical (unpaired) electrons. The lowest BCUT2D eigenvalue weighted by atomic mass is 9.87. The SMILES string of the molecule is CC(O)CC(C)(C)CNCc1ccccc1N1CCOCC1. The number of anilines is 1. The van der Waals surface area contributed by atoms with Crippen LogP contribution in [0.2, 0.25) is 0 Å². The van der Waals surface area contributed by atoms with Crippen LogP contribution >= 0.6 is 0 Å². The van der Waals surface area contributed by atoms with Gasteiger partial charge in [0.25, 0.3) is 0 Å². The molecule has 0 aliphatic carbocycles. The number of ether oxygens (including phenoxy) is 1. The summed E-state index contributed by atoms with van der Waals surface area (Å²) in [7, 11) is 0. The van der Waals surface area contributed by atoms with Crippen LogP contribution in [0.15, 0.2) is 24.3 Å². The number of benzene rings is 1. The number of hydrogen-bond donors (Lipinski definition) is 2. The van der Waals surface area contributed by atoms with Crippen molar-refractivity contribution in [1.82, 2.24) is 5.32 Å². The normalized spacial score (nSPS) is 17.5. The van der Waals surface area contributed by atoms with E-state index in [4.69, 9.17) is 4.74 Å². The minimum absolute atomic E-state index is 0.0993. The minimum Gasteiger partial charge on any atom is -0.393 e. The second-order valence-corrected chi connectivity index (χ2v) is 7.05. The highest BCUT2D eigenvalue weighted by Gasteiger charge is 2.20. The van der Waals surface area contributed by atoms with Gasteiger partial charge in [-0.1, -0.05) is 32.0 Å². The summed E-state index contributed by atoms with van der Waals surface area (Å²) in [5.74, 6) is 0. The van der Waals surface area contributed by atoms with Crippen molar-refractivity contribution in [3.8, 4) is 0 Å². The van der Waals surface area contributed by atoms with Crippen LogP contribution < -0.4 is 10.2 Å².